The average molecular weight is 296 g/mol. The molecule has 0 aliphatic carbocycles. The van der Waals surface area contributed by atoms with E-state index < -0.39 is 8.07 Å². The molecular weight excluding hydrogens is 270 g/mol. The highest BCUT2D eigenvalue weighted by molar-refractivity contribution is 7.00. The minimum absolute atomic E-state index is 1.22. The summed E-state index contributed by atoms with van der Waals surface area (Å²) in [5, 5.41) is 3.03. The number of nitrogens with zero attached hydrogens (tertiary/aromatic N) is 1. The lowest BCUT2D eigenvalue weighted by Gasteiger charge is -2.30. The van der Waals surface area contributed by atoms with Gasteiger partial charge in [-0.1, -0.05) is 65.9 Å². The number of piperidine rings is 1. The standard InChI is InChI=1S/C19H25NSi/c1-21(2,18-9-5-3-6-10-18)19-13-11-17(12-14-19)20-15-7-4-8-16-20/h3,5-6,9-14H,4,7-8,15-16H2,1-2H3. The van der Waals surface area contributed by atoms with Gasteiger partial charge in [0, 0.05) is 18.8 Å². The maximum absolute atomic E-state index is 2.53. The first-order valence-corrected chi connectivity index (χ1v) is 11.1. The highest BCUT2D eigenvalue weighted by Crippen LogP contribution is 2.19. The lowest BCUT2D eigenvalue weighted by molar-refractivity contribution is 0.578. The maximum atomic E-state index is 2.53. The molecule has 0 saturated carbocycles. The molecule has 0 unspecified atom stereocenters. The van der Waals surface area contributed by atoms with E-state index >= 15 is 0 Å². The molecule has 1 aliphatic heterocycles. The Morgan fingerprint density at radius 1 is 0.714 bits per heavy atom. The first-order valence-electron chi connectivity index (χ1n) is 8.09. The van der Waals surface area contributed by atoms with Gasteiger partial charge in [0.2, 0.25) is 0 Å². The van der Waals surface area contributed by atoms with Gasteiger partial charge in [-0.3, -0.25) is 0 Å². The molecule has 0 N–H and O–H groups in total. The van der Waals surface area contributed by atoms with E-state index in [2.05, 4.69) is 72.6 Å². The first kappa shape index (κ1) is 14.4. The number of hydrogen-bond donors (Lipinski definition) is 0. The second-order valence-electron chi connectivity index (χ2n) is 6.59. The fraction of sp³-hybridized carbons (Fsp3) is 0.368. The maximum Gasteiger partial charge on any atom is 0.112 e. The SMILES string of the molecule is C[Si](C)(c1ccccc1)c1ccc(N2CCCCC2)cc1. The Balaban J connectivity index is 1.83. The molecular formula is C19H25NSi. The van der Waals surface area contributed by atoms with Crippen molar-refractivity contribution in [3.8, 4) is 0 Å². The monoisotopic (exact) mass is 295 g/mol. The van der Waals surface area contributed by atoms with Crippen molar-refractivity contribution in [1.82, 2.24) is 0 Å². The van der Waals surface area contributed by atoms with E-state index in [0.717, 1.165) is 0 Å². The fourth-order valence-electron chi connectivity index (χ4n) is 3.26. The van der Waals surface area contributed by atoms with Gasteiger partial charge in [0.1, 0.15) is 8.07 Å². The third-order valence-electron chi connectivity index (χ3n) is 4.81. The zero-order chi connectivity index (χ0) is 14.7. The molecule has 2 aromatic carbocycles. The van der Waals surface area contributed by atoms with Gasteiger partial charge in [-0.25, -0.2) is 0 Å². The predicted molar refractivity (Wildman–Crippen MR) is 95.7 cm³/mol. The van der Waals surface area contributed by atoms with E-state index in [1.807, 2.05) is 0 Å². The number of anilines is 1. The normalized spacial score (nSPS) is 16.0. The third-order valence-corrected chi connectivity index (χ3v) is 8.36. The van der Waals surface area contributed by atoms with Crippen LogP contribution in [0.15, 0.2) is 54.6 Å². The van der Waals surface area contributed by atoms with Crippen molar-refractivity contribution < 1.29 is 0 Å². The van der Waals surface area contributed by atoms with Crippen LogP contribution in [-0.4, -0.2) is 21.2 Å². The summed E-state index contributed by atoms with van der Waals surface area (Å²) in [6.45, 7) is 7.33. The molecule has 1 fully saturated rings. The van der Waals surface area contributed by atoms with Crippen LogP contribution in [0.4, 0.5) is 5.69 Å². The van der Waals surface area contributed by atoms with E-state index in [0.29, 0.717) is 0 Å². The lowest BCUT2D eigenvalue weighted by atomic mass is 10.1. The van der Waals surface area contributed by atoms with Gasteiger partial charge in [-0.05, 0) is 31.4 Å². The molecule has 0 bridgehead atoms. The molecule has 0 amide bonds. The minimum Gasteiger partial charge on any atom is -0.372 e. The average Bonchev–Trinajstić information content (AvgIpc) is 2.57. The van der Waals surface area contributed by atoms with Gasteiger partial charge in [0.15, 0.2) is 0 Å². The van der Waals surface area contributed by atoms with Crippen molar-refractivity contribution in [3.63, 3.8) is 0 Å². The molecule has 0 aromatic heterocycles. The van der Waals surface area contributed by atoms with Gasteiger partial charge in [-0.2, -0.15) is 0 Å². The van der Waals surface area contributed by atoms with Crippen LogP contribution in [-0.2, 0) is 0 Å². The summed E-state index contributed by atoms with van der Waals surface area (Å²) in [6.07, 6.45) is 4.07. The molecule has 21 heavy (non-hydrogen) atoms. The minimum atomic E-state index is -1.55. The molecule has 1 heterocycles. The van der Waals surface area contributed by atoms with Gasteiger partial charge < -0.3 is 4.90 Å². The number of benzene rings is 2. The van der Waals surface area contributed by atoms with Crippen molar-refractivity contribution in [1.29, 1.82) is 0 Å². The predicted octanol–water partition coefficient (Wildman–Crippen LogP) is 3.50. The zero-order valence-electron chi connectivity index (χ0n) is 13.2. The van der Waals surface area contributed by atoms with Gasteiger partial charge >= 0.3 is 0 Å². The van der Waals surface area contributed by atoms with E-state index in [1.165, 1.54) is 48.4 Å². The Kier molecular flexibility index (Phi) is 4.16. The van der Waals surface area contributed by atoms with Crippen LogP contribution in [0.25, 0.3) is 0 Å². The molecule has 1 aliphatic rings. The summed E-state index contributed by atoms with van der Waals surface area (Å²) < 4.78 is 0. The van der Waals surface area contributed by atoms with Crippen LogP contribution < -0.4 is 15.3 Å². The Bertz CT molecular complexity index is 568. The van der Waals surface area contributed by atoms with E-state index in [9.17, 15) is 0 Å². The molecule has 1 nitrogen and oxygen atoms in total. The molecule has 1 saturated heterocycles. The molecule has 2 aromatic rings. The summed E-state index contributed by atoms with van der Waals surface area (Å²) in [4.78, 5) is 2.53. The smallest absolute Gasteiger partial charge is 0.112 e. The summed E-state index contributed by atoms with van der Waals surface area (Å²) in [7, 11) is -1.55. The lowest BCUT2D eigenvalue weighted by Crippen LogP contribution is -2.52. The zero-order valence-corrected chi connectivity index (χ0v) is 14.2. The summed E-state index contributed by atoms with van der Waals surface area (Å²) in [6, 6.07) is 20.4. The third kappa shape index (κ3) is 3.05. The van der Waals surface area contributed by atoms with Gasteiger partial charge in [0.25, 0.3) is 0 Å². The summed E-state index contributed by atoms with van der Waals surface area (Å²) in [5.74, 6) is 0. The van der Waals surface area contributed by atoms with E-state index in [-0.39, 0.29) is 0 Å². The van der Waals surface area contributed by atoms with Crippen LogP contribution in [0.5, 0.6) is 0 Å². The van der Waals surface area contributed by atoms with Crippen molar-refractivity contribution in [2.45, 2.75) is 32.4 Å². The Hall–Kier alpha value is -1.54. The largest absolute Gasteiger partial charge is 0.372 e. The second-order valence-corrected chi connectivity index (χ2v) is 11.0. The highest BCUT2D eigenvalue weighted by atomic mass is 28.3. The summed E-state index contributed by atoms with van der Waals surface area (Å²) in [5.41, 5.74) is 1.40. The molecule has 3 rings (SSSR count). The molecule has 0 spiro atoms. The molecule has 110 valence electrons. The molecule has 0 radical (unpaired) electrons. The summed E-state index contributed by atoms with van der Waals surface area (Å²) >= 11 is 0. The van der Waals surface area contributed by atoms with Crippen LogP contribution in [0.1, 0.15) is 19.3 Å². The van der Waals surface area contributed by atoms with Crippen molar-refractivity contribution in [2.75, 3.05) is 18.0 Å². The van der Waals surface area contributed by atoms with Crippen LogP contribution in [0.2, 0.25) is 13.1 Å². The fourth-order valence-corrected chi connectivity index (χ4v) is 5.62. The van der Waals surface area contributed by atoms with Crippen molar-refractivity contribution in [2.24, 2.45) is 0 Å². The van der Waals surface area contributed by atoms with Crippen LogP contribution in [0.3, 0.4) is 0 Å². The van der Waals surface area contributed by atoms with Crippen LogP contribution >= 0.6 is 0 Å². The first-order chi connectivity index (χ1) is 10.2. The molecule has 2 heteroatoms. The van der Waals surface area contributed by atoms with Crippen LogP contribution in [0, 0.1) is 0 Å². The Morgan fingerprint density at radius 2 is 1.29 bits per heavy atom. The Labute approximate surface area is 129 Å². The second kappa shape index (κ2) is 6.06. The molecule has 0 atom stereocenters. The van der Waals surface area contributed by atoms with Gasteiger partial charge in [0.05, 0.1) is 0 Å². The van der Waals surface area contributed by atoms with Gasteiger partial charge in [-0.15, -0.1) is 0 Å². The number of rotatable bonds is 3. The quantitative estimate of drug-likeness (QED) is 0.783. The highest BCUT2D eigenvalue weighted by Gasteiger charge is 2.25. The van der Waals surface area contributed by atoms with E-state index in [1.54, 1.807) is 0 Å². The van der Waals surface area contributed by atoms with Crippen molar-refractivity contribution in [3.05, 3.63) is 54.6 Å². The van der Waals surface area contributed by atoms with Crippen molar-refractivity contribution >= 4 is 24.1 Å². The number of hydrogen-bond acceptors (Lipinski definition) is 1. The Morgan fingerprint density at radius 3 is 1.90 bits per heavy atom. The topological polar surface area (TPSA) is 3.24 Å². The van der Waals surface area contributed by atoms with E-state index in [4.69, 9.17) is 0 Å².